The van der Waals surface area contributed by atoms with Gasteiger partial charge in [0, 0.05) is 0 Å². The van der Waals surface area contributed by atoms with Crippen LogP contribution in [0.4, 0.5) is 0 Å². The zero-order valence-corrected chi connectivity index (χ0v) is 12.2. The van der Waals surface area contributed by atoms with Crippen molar-refractivity contribution in [2.45, 2.75) is 48.0 Å². The first-order valence-corrected chi connectivity index (χ1v) is 6.46. The second-order valence-corrected chi connectivity index (χ2v) is 6.92. The van der Waals surface area contributed by atoms with Crippen molar-refractivity contribution in [3.63, 3.8) is 0 Å². The molecule has 0 fully saturated rings. The summed E-state index contributed by atoms with van der Waals surface area (Å²) in [6.45, 7) is 13.5. The van der Waals surface area contributed by atoms with Gasteiger partial charge in [-0.25, -0.2) is 0 Å². The molecule has 0 saturated carbocycles. The standard InChI is InChI=1S/C17H26/c1-16(2,3)13-12-14-8-7-9-15(11-10-14)17(4,5)6/h7,9-13H,8H2,1-6H3/b13-12+. The van der Waals surface area contributed by atoms with Gasteiger partial charge in [-0.1, -0.05) is 78.0 Å². The van der Waals surface area contributed by atoms with E-state index in [0.29, 0.717) is 0 Å². The Bertz CT molecular complexity index is 373. The van der Waals surface area contributed by atoms with Gasteiger partial charge < -0.3 is 0 Å². The van der Waals surface area contributed by atoms with Crippen molar-refractivity contribution < 1.29 is 0 Å². The summed E-state index contributed by atoms with van der Waals surface area (Å²) in [4.78, 5) is 0. The molecule has 1 aliphatic carbocycles. The maximum Gasteiger partial charge on any atom is -0.00943 e. The Morgan fingerprint density at radius 1 is 1.00 bits per heavy atom. The van der Waals surface area contributed by atoms with Gasteiger partial charge in [0.05, 0.1) is 0 Å². The van der Waals surface area contributed by atoms with Crippen LogP contribution in [0.1, 0.15) is 48.0 Å². The fourth-order valence-electron chi connectivity index (χ4n) is 1.62. The van der Waals surface area contributed by atoms with Crippen molar-refractivity contribution >= 4 is 0 Å². The number of rotatable bonds is 1. The fraction of sp³-hybridized carbons (Fsp3) is 0.529. The summed E-state index contributed by atoms with van der Waals surface area (Å²) >= 11 is 0. The molecule has 0 N–H and O–H groups in total. The van der Waals surface area contributed by atoms with Crippen LogP contribution in [-0.4, -0.2) is 0 Å². The maximum absolute atomic E-state index is 2.28. The molecule has 1 rings (SSSR count). The Morgan fingerprint density at radius 3 is 2.18 bits per heavy atom. The van der Waals surface area contributed by atoms with Gasteiger partial charge >= 0.3 is 0 Å². The highest BCUT2D eigenvalue weighted by atomic mass is 14.2. The number of allylic oxidation sites excluding steroid dienone is 8. The van der Waals surface area contributed by atoms with Crippen LogP contribution in [0.15, 0.2) is 47.6 Å². The monoisotopic (exact) mass is 230 g/mol. The van der Waals surface area contributed by atoms with Gasteiger partial charge in [0.1, 0.15) is 0 Å². The van der Waals surface area contributed by atoms with Crippen molar-refractivity contribution in [3.05, 3.63) is 47.6 Å². The number of hydrogen-bond acceptors (Lipinski definition) is 0. The lowest BCUT2D eigenvalue weighted by Gasteiger charge is -2.19. The van der Waals surface area contributed by atoms with Gasteiger partial charge in [0.25, 0.3) is 0 Å². The fourth-order valence-corrected chi connectivity index (χ4v) is 1.62. The molecule has 0 aromatic carbocycles. The molecule has 0 amide bonds. The largest absolute Gasteiger partial charge is 0.0798 e. The molecule has 94 valence electrons. The third-order valence-corrected chi connectivity index (χ3v) is 2.79. The Hall–Kier alpha value is -1.04. The smallest absolute Gasteiger partial charge is 0.00943 e. The molecule has 1 aliphatic rings. The van der Waals surface area contributed by atoms with E-state index in [-0.39, 0.29) is 10.8 Å². The van der Waals surface area contributed by atoms with E-state index in [4.69, 9.17) is 0 Å². The van der Waals surface area contributed by atoms with Crippen LogP contribution >= 0.6 is 0 Å². The minimum atomic E-state index is 0.232. The predicted molar refractivity (Wildman–Crippen MR) is 78.0 cm³/mol. The van der Waals surface area contributed by atoms with Crippen LogP contribution < -0.4 is 0 Å². The van der Waals surface area contributed by atoms with Gasteiger partial charge in [-0.15, -0.1) is 0 Å². The van der Waals surface area contributed by atoms with E-state index in [0.717, 1.165) is 6.42 Å². The second-order valence-electron chi connectivity index (χ2n) is 6.92. The SMILES string of the molecule is CC(C)(C)/C=C/C1=CC=C(C(C)(C)C)C=CC1. The van der Waals surface area contributed by atoms with Crippen LogP contribution in [0.25, 0.3) is 0 Å². The molecule has 0 spiro atoms. The Morgan fingerprint density at radius 2 is 1.65 bits per heavy atom. The molecule has 0 heterocycles. The van der Waals surface area contributed by atoms with Crippen molar-refractivity contribution in [2.75, 3.05) is 0 Å². The molecule has 0 heteroatoms. The molecule has 0 aliphatic heterocycles. The van der Waals surface area contributed by atoms with Gasteiger partial charge in [0.15, 0.2) is 0 Å². The molecule has 0 unspecified atom stereocenters. The first kappa shape index (κ1) is 14.0. The zero-order valence-electron chi connectivity index (χ0n) is 12.2. The quantitative estimate of drug-likeness (QED) is 0.562. The first-order chi connectivity index (χ1) is 7.68. The molecule has 0 atom stereocenters. The van der Waals surface area contributed by atoms with Crippen LogP contribution in [0.3, 0.4) is 0 Å². The lowest BCUT2D eigenvalue weighted by Crippen LogP contribution is -2.06. The molecule has 17 heavy (non-hydrogen) atoms. The average molecular weight is 230 g/mol. The summed E-state index contributed by atoms with van der Waals surface area (Å²) in [7, 11) is 0. The van der Waals surface area contributed by atoms with Gasteiger partial charge in [-0.2, -0.15) is 0 Å². The predicted octanol–water partition coefficient (Wildman–Crippen LogP) is 5.45. The lowest BCUT2D eigenvalue weighted by molar-refractivity contribution is 0.517. The minimum Gasteiger partial charge on any atom is -0.0798 e. The summed E-state index contributed by atoms with van der Waals surface area (Å²) in [5, 5.41) is 0. The lowest BCUT2D eigenvalue weighted by atomic mass is 9.86. The molecule has 0 aromatic rings. The third-order valence-electron chi connectivity index (χ3n) is 2.79. The summed E-state index contributed by atoms with van der Waals surface area (Å²) in [6, 6.07) is 0. The van der Waals surface area contributed by atoms with Crippen LogP contribution in [0.5, 0.6) is 0 Å². The van der Waals surface area contributed by atoms with Gasteiger partial charge in [-0.05, 0) is 28.4 Å². The second kappa shape index (κ2) is 5.08. The van der Waals surface area contributed by atoms with Gasteiger partial charge in [-0.3, -0.25) is 0 Å². The van der Waals surface area contributed by atoms with E-state index in [2.05, 4.69) is 78.0 Å². The summed E-state index contributed by atoms with van der Waals surface area (Å²) in [5.41, 5.74) is 3.27. The van der Waals surface area contributed by atoms with E-state index in [9.17, 15) is 0 Å². The third kappa shape index (κ3) is 5.21. The molecule has 0 saturated heterocycles. The van der Waals surface area contributed by atoms with Crippen molar-refractivity contribution in [3.8, 4) is 0 Å². The molecule has 0 bridgehead atoms. The van der Waals surface area contributed by atoms with E-state index in [1.165, 1.54) is 11.1 Å². The maximum atomic E-state index is 2.28. The van der Waals surface area contributed by atoms with Crippen molar-refractivity contribution in [2.24, 2.45) is 10.8 Å². The molecule has 0 nitrogen and oxygen atoms in total. The summed E-state index contributed by atoms with van der Waals surface area (Å²) in [6.07, 6.45) is 14.6. The summed E-state index contributed by atoms with van der Waals surface area (Å²) in [5.74, 6) is 0. The highest BCUT2D eigenvalue weighted by Crippen LogP contribution is 2.28. The first-order valence-electron chi connectivity index (χ1n) is 6.46. The number of hydrogen-bond donors (Lipinski definition) is 0. The normalized spacial score (nSPS) is 18.0. The van der Waals surface area contributed by atoms with E-state index >= 15 is 0 Å². The van der Waals surface area contributed by atoms with Crippen molar-refractivity contribution in [1.82, 2.24) is 0 Å². The highest BCUT2D eigenvalue weighted by Gasteiger charge is 2.14. The molecule has 0 aromatic heterocycles. The van der Waals surface area contributed by atoms with E-state index in [1.807, 2.05) is 0 Å². The van der Waals surface area contributed by atoms with E-state index in [1.54, 1.807) is 0 Å². The Kier molecular flexibility index (Phi) is 4.19. The van der Waals surface area contributed by atoms with E-state index < -0.39 is 0 Å². The molecule has 0 radical (unpaired) electrons. The minimum absolute atomic E-state index is 0.232. The zero-order chi connectivity index (χ0) is 13.1. The van der Waals surface area contributed by atoms with Gasteiger partial charge in [0.2, 0.25) is 0 Å². The average Bonchev–Trinajstić information content (AvgIpc) is 2.37. The highest BCUT2D eigenvalue weighted by molar-refractivity contribution is 5.37. The topological polar surface area (TPSA) is 0 Å². The summed E-state index contributed by atoms with van der Waals surface area (Å²) < 4.78 is 0. The van der Waals surface area contributed by atoms with Crippen LogP contribution in [0.2, 0.25) is 0 Å². The molecular weight excluding hydrogens is 204 g/mol. The van der Waals surface area contributed by atoms with Crippen LogP contribution in [0, 0.1) is 10.8 Å². The van der Waals surface area contributed by atoms with Crippen LogP contribution in [-0.2, 0) is 0 Å². The van der Waals surface area contributed by atoms with Crippen molar-refractivity contribution in [1.29, 1.82) is 0 Å². The molecular formula is C17H26. The Labute approximate surface area is 107 Å². The Balaban J connectivity index is 2.87.